The summed E-state index contributed by atoms with van der Waals surface area (Å²) in [7, 11) is 0. The Labute approximate surface area is 82.8 Å². The molecule has 0 amide bonds. The normalized spacial score (nSPS) is 22.2. The second-order valence-corrected chi connectivity index (χ2v) is 3.76. The van der Waals surface area contributed by atoms with Crippen molar-refractivity contribution in [3.8, 4) is 0 Å². The van der Waals surface area contributed by atoms with Crippen molar-refractivity contribution in [1.82, 2.24) is 15.3 Å². The number of aryl methyl sites for hydroxylation is 1. The summed E-state index contributed by atoms with van der Waals surface area (Å²) in [6.07, 6.45) is 3.51. The average Bonchev–Trinajstić information content (AvgIpc) is 2.18. The van der Waals surface area contributed by atoms with Gasteiger partial charge in [0.05, 0.1) is 5.69 Å². The van der Waals surface area contributed by atoms with Gasteiger partial charge in [-0.2, -0.15) is 0 Å². The van der Waals surface area contributed by atoms with Gasteiger partial charge in [0, 0.05) is 12.1 Å². The van der Waals surface area contributed by atoms with Crippen LogP contribution < -0.4 is 10.9 Å². The van der Waals surface area contributed by atoms with E-state index in [9.17, 15) is 4.79 Å². The molecule has 0 unspecified atom stereocenters. The van der Waals surface area contributed by atoms with Crippen LogP contribution in [-0.2, 0) is 0 Å². The summed E-state index contributed by atoms with van der Waals surface area (Å²) < 4.78 is 0. The first kappa shape index (κ1) is 9.40. The molecule has 0 saturated carbocycles. The molecule has 1 aromatic rings. The first-order chi connectivity index (χ1) is 6.75. The van der Waals surface area contributed by atoms with Gasteiger partial charge in [-0.25, -0.2) is 4.98 Å². The SMILES string of the molecule is Cc1nc([C@@H]2CCCCN2)cc(=O)[nH]1. The fourth-order valence-corrected chi connectivity index (χ4v) is 1.89. The van der Waals surface area contributed by atoms with Crippen molar-refractivity contribution in [2.24, 2.45) is 0 Å². The summed E-state index contributed by atoms with van der Waals surface area (Å²) in [4.78, 5) is 18.2. The number of rotatable bonds is 1. The van der Waals surface area contributed by atoms with E-state index in [1.807, 2.05) is 6.92 Å². The highest BCUT2D eigenvalue weighted by atomic mass is 16.1. The number of aromatic amines is 1. The highest BCUT2D eigenvalue weighted by molar-refractivity contribution is 5.08. The Balaban J connectivity index is 2.26. The van der Waals surface area contributed by atoms with Crippen LogP contribution in [0.5, 0.6) is 0 Å². The minimum Gasteiger partial charge on any atom is -0.311 e. The maximum Gasteiger partial charge on any atom is 0.251 e. The van der Waals surface area contributed by atoms with Crippen molar-refractivity contribution in [3.63, 3.8) is 0 Å². The van der Waals surface area contributed by atoms with Gasteiger partial charge in [0.25, 0.3) is 5.56 Å². The topological polar surface area (TPSA) is 57.8 Å². The summed E-state index contributed by atoms with van der Waals surface area (Å²) in [6, 6.07) is 1.86. The Morgan fingerprint density at radius 2 is 2.36 bits per heavy atom. The van der Waals surface area contributed by atoms with Crippen molar-refractivity contribution in [2.75, 3.05) is 6.54 Å². The second kappa shape index (κ2) is 3.92. The molecule has 1 saturated heterocycles. The molecule has 2 N–H and O–H groups in total. The van der Waals surface area contributed by atoms with Crippen molar-refractivity contribution in [2.45, 2.75) is 32.2 Å². The van der Waals surface area contributed by atoms with E-state index < -0.39 is 0 Å². The fourth-order valence-electron chi connectivity index (χ4n) is 1.89. The molecule has 14 heavy (non-hydrogen) atoms. The number of H-pyrrole nitrogens is 1. The molecule has 0 aliphatic carbocycles. The van der Waals surface area contributed by atoms with Crippen molar-refractivity contribution in [3.05, 3.63) is 27.9 Å². The lowest BCUT2D eigenvalue weighted by atomic mass is 10.0. The van der Waals surface area contributed by atoms with E-state index in [0.29, 0.717) is 5.82 Å². The van der Waals surface area contributed by atoms with Gasteiger partial charge in [-0.1, -0.05) is 6.42 Å². The number of hydrogen-bond donors (Lipinski definition) is 2. The van der Waals surface area contributed by atoms with Crippen LogP contribution in [-0.4, -0.2) is 16.5 Å². The third-order valence-electron chi connectivity index (χ3n) is 2.55. The Morgan fingerprint density at radius 1 is 1.50 bits per heavy atom. The van der Waals surface area contributed by atoms with Crippen LogP contribution in [0.4, 0.5) is 0 Å². The summed E-state index contributed by atoms with van der Waals surface area (Å²) in [5, 5.41) is 3.37. The zero-order valence-electron chi connectivity index (χ0n) is 8.34. The van der Waals surface area contributed by atoms with Gasteiger partial charge in [-0.3, -0.25) is 4.79 Å². The molecule has 1 aliphatic heterocycles. The summed E-state index contributed by atoms with van der Waals surface area (Å²) >= 11 is 0. The molecule has 2 rings (SSSR count). The lowest BCUT2D eigenvalue weighted by Gasteiger charge is -2.22. The molecule has 1 fully saturated rings. The highest BCUT2D eigenvalue weighted by Gasteiger charge is 2.16. The summed E-state index contributed by atoms with van der Waals surface area (Å²) in [6.45, 7) is 2.84. The molecule has 4 nitrogen and oxygen atoms in total. The van der Waals surface area contributed by atoms with Gasteiger partial charge < -0.3 is 10.3 Å². The van der Waals surface area contributed by atoms with Crippen LogP contribution in [0.1, 0.15) is 36.8 Å². The minimum absolute atomic E-state index is 0.0557. The van der Waals surface area contributed by atoms with Gasteiger partial charge in [0.2, 0.25) is 0 Å². The van der Waals surface area contributed by atoms with Crippen LogP contribution in [0.2, 0.25) is 0 Å². The number of piperidine rings is 1. The predicted octanol–water partition coefficient (Wildman–Crippen LogP) is 0.893. The number of hydrogen-bond acceptors (Lipinski definition) is 3. The Hall–Kier alpha value is -1.16. The Morgan fingerprint density at radius 3 is 3.00 bits per heavy atom. The molecule has 0 spiro atoms. The van der Waals surface area contributed by atoms with Gasteiger partial charge >= 0.3 is 0 Å². The first-order valence-electron chi connectivity index (χ1n) is 5.07. The highest BCUT2D eigenvalue weighted by Crippen LogP contribution is 2.19. The van der Waals surface area contributed by atoms with Crippen LogP contribution in [0, 0.1) is 6.92 Å². The van der Waals surface area contributed by atoms with E-state index in [0.717, 1.165) is 18.7 Å². The monoisotopic (exact) mass is 193 g/mol. The molecule has 0 bridgehead atoms. The molecular weight excluding hydrogens is 178 g/mol. The lowest BCUT2D eigenvalue weighted by molar-refractivity contribution is 0.404. The van der Waals surface area contributed by atoms with Gasteiger partial charge in [-0.05, 0) is 26.3 Å². The van der Waals surface area contributed by atoms with Crippen molar-refractivity contribution in [1.29, 1.82) is 0 Å². The number of nitrogens with zero attached hydrogens (tertiary/aromatic N) is 1. The zero-order chi connectivity index (χ0) is 9.97. The molecule has 1 atom stereocenters. The van der Waals surface area contributed by atoms with Crippen LogP contribution in [0.25, 0.3) is 0 Å². The van der Waals surface area contributed by atoms with Crippen LogP contribution in [0.15, 0.2) is 10.9 Å². The third kappa shape index (κ3) is 2.01. The average molecular weight is 193 g/mol. The fraction of sp³-hybridized carbons (Fsp3) is 0.600. The third-order valence-corrected chi connectivity index (χ3v) is 2.55. The minimum atomic E-state index is -0.0557. The maximum absolute atomic E-state index is 11.2. The molecular formula is C10H15N3O. The van der Waals surface area contributed by atoms with Crippen LogP contribution >= 0.6 is 0 Å². The molecule has 76 valence electrons. The van der Waals surface area contributed by atoms with E-state index in [1.54, 1.807) is 6.07 Å². The molecule has 1 aliphatic rings. The summed E-state index contributed by atoms with van der Waals surface area (Å²) in [5.74, 6) is 0.694. The van der Waals surface area contributed by atoms with E-state index in [-0.39, 0.29) is 11.6 Å². The number of aromatic nitrogens is 2. The predicted molar refractivity (Wildman–Crippen MR) is 54.2 cm³/mol. The lowest BCUT2D eigenvalue weighted by Crippen LogP contribution is -2.29. The van der Waals surface area contributed by atoms with E-state index in [1.165, 1.54) is 12.8 Å². The van der Waals surface area contributed by atoms with E-state index in [4.69, 9.17) is 0 Å². The van der Waals surface area contributed by atoms with Crippen molar-refractivity contribution >= 4 is 0 Å². The molecule has 4 heteroatoms. The molecule has 0 radical (unpaired) electrons. The maximum atomic E-state index is 11.2. The smallest absolute Gasteiger partial charge is 0.251 e. The van der Waals surface area contributed by atoms with Crippen LogP contribution in [0.3, 0.4) is 0 Å². The van der Waals surface area contributed by atoms with Gasteiger partial charge in [0.15, 0.2) is 0 Å². The number of nitrogens with one attached hydrogen (secondary N) is 2. The molecule has 2 heterocycles. The van der Waals surface area contributed by atoms with Gasteiger partial charge in [0.1, 0.15) is 5.82 Å². The first-order valence-corrected chi connectivity index (χ1v) is 5.07. The zero-order valence-corrected chi connectivity index (χ0v) is 8.34. The summed E-state index contributed by atoms with van der Waals surface area (Å²) in [5.41, 5.74) is 0.825. The van der Waals surface area contributed by atoms with Gasteiger partial charge in [-0.15, -0.1) is 0 Å². The van der Waals surface area contributed by atoms with E-state index in [2.05, 4.69) is 15.3 Å². The second-order valence-electron chi connectivity index (χ2n) is 3.76. The van der Waals surface area contributed by atoms with E-state index >= 15 is 0 Å². The van der Waals surface area contributed by atoms with Crippen molar-refractivity contribution < 1.29 is 0 Å². The largest absolute Gasteiger partial charge is 0.311 e. The Bertz CT molecular complexity index is 366. The molecule has 0 aromatic carbocycles. The quantitative estimate of drug-likeness (QED) is 0.696. The standard InChI is InChI=1S/C10H15N3O/c1-7-12-9(6-10(14)13-7)8-4-2-3-5-11-8/h6,8,11H,2-5H2,1H3,(H,12,13,14)/t8-/m0/s1. The molecule has 1 aromatic heterocycles. The Kier molecular flexibility index (Phi) is 2.63.